The lowest BCUT2D eigenvalue weighted by Gasteiger charge is -2.13. The van der Waals surface area contributed by atoms with E-state index < -0.39 is 6.10 Å². The van der Waals surface area contributed by atoms with Crippen molar-refractivity contribution in [2.45, 2.75) is 44.8 Å². The van der Waals surface area contributed by atoms with Gasteiger partial charge in [0.2, 0.25) is 0 Å². The number of aliphatic hydroxyl groups is 1. The average Bonchev–Trinajstić information content (AvgIpc) is 2.68. The van der Waals surface area contributed by atoms with Gasteiger partial charge in [-0.2, -0.15) is 0 Å². The lowest BCUT2D eigenvalue weighted by atomic mass is 10.1. The number of oxazole rings is 1. The van der Waals surface area contributed by atoms with Gasteiger partial charge in [-0.3, -0.25) is 0 Å². The molecule has 0 spiro atoms. The molecule has 1 aliphatic rings. The number of hydrogen-bond donors (Lipinski definition) is 2. The van der Waals surface area contributed by atoms with Crippen LogP contribution in [0.25, 0.3) is 0 Å². The van der Waals surface area contributed by atoms with Crippen LogP contribution in [0.2, 0.25) is 0 Å². The summed E-state index contributed by atoms with van der Waals surface area (Å²) < 4.78 is 5.33. The number of nitrogens with two attached hydrogens (primary N) is 1. The maximum absolute atomic E-state index is 9.88. The van der Waals surface area contributed by atoms with Crippen LogP contribution in [0.4, 0.5) is 0 Å². The molecule has 4 nitrogen and oxygen atoms in total. The monoisotopic (exact) mass is 196 g/mol. The molecular formula is C10H16N2O2. The Bertz CT molecular complexity index is 342. The first-order valence-corrected chi connectivity index (χ1v) is 4.91. The number of hydrogen-bond acceptors (Lipinski definition) is 4. The van der Waals surface area contributed by atoms with E-state index in [0.717, 1.165) is 18.5 Å². The van der Waals surface area contributed by atoms with Gasteiger partial charge in [0.1, 0.15) is 6.10 Å². The molecule has 3 N–H and O–H groups in total. The Labute approximate surface area is 83.1 Å². The first-order valence-electron chi connectivity index (χ1n) is 4.91. The van der Waals surface area contributed by atoms with Gasteiger partial charge in [-0.05, 0) is 26.2 Å². The molecule has 1 heterocycles. The van der Waals surface area contributed by atoms with Gasteiger partial charge < -0.3 is 15.3 Å². The van der Waals surface area contributed by atoms with E-state index >= 15 is 0 Å². The molecular weight excluding hydrogens is 180 g/mol. The molecule has 1 fully saturated rings. The summed E-state index contributed by atoms with van der Waals surface area (Å²) in [5.41, 5.74) is 6.52. The highest BCUT2D eigenvalue weighted by molar-refractivity contribution is 5.13. The zero-order valence-corrected chi connectivity index (χ0v) is 8.58. The van der Waals surface area contributed by atoms with Crippen LogP contribution >= 0.6 is 0 Å². The van der Waals surface area contributed by atoms with Crippen LogP contribution in [0.15, 0.2) is 4.42 Å². The average molecular weight is 196 g/mol. The van der Waals surface area contributed by atoms with Crippen molar-refractivity contribution in [2.75, 3.05) is 0 Å². The third-order valence-electron chi connectivity index (χ3n) is 2.73. The van der Waals surface area contributed by atoms with Crippen molar-refractivity contribution in [3.8, 4) is 0 Å². The summed E-state index contributed by atoms with van der Waals surface area (Å²) in [6.07, 6.45) is 1.96. The second kappa shape index (κ2) is 3.07. The van der Waals surface area contributed by atoms with Crippen LogP contribution in [0, 0.1) is 13.8 Å². The molecule has 0 radical (unpaired) electrons. The maximum Gasteiger partial charge on any atom is 0.191 e. The minimum Gasteiger partial charge on any atom is -0.443 e. The van der Waals surface area contributed by atoms with Crippen molar-refractivity contribution in [1.29, 1.82) is 0 Å². The minimum atomic E-state index is -0.608. The number of aliphatic hydroxyl groups excluding tert-OH is 1. The zero-order chi connectivity index (χ0) is 10.3. The molecule has 1 aliphatic carbocycles. The van der Waals surface area contributed by atoms with Crippen LogP contribution in [-0.4, -0.2) is 15.6 Å². The number of aryl methyl sites for hydroxylation is 2. The van der Waals surface area contributed by atoms with Gasteiger partial charge >= 0.3 is 0 Å². The zero-order valence-electron chi connectivity index (χ0n) is 8.58. The van der Waals surface area contributed by atoms with E-state index in [-0.39, 0.29) is 5.54 Å². The fraction of sp³-hybridized carbons (Fsp3) is 0.700. The largest absolute Gasteiger partial charge is 0.443 e. The summed E-state index contributed by atoms with van der Waals surface area (Å²) in [4.78, 5) is 4.12. The molecule has 1 aromatic heterocycles. The molecule has 0 saturated heterocycles. The van der Waals surface area contributed by atoms with Crippen LogP contribution in [-0.2, 0) is 0 Å². The summed E-state index contributed by atoms with van der Waals surface area (Å²) in [6.45, 7) is 3.61. The molecule has 0 aliphatic heterocycles. The van der Waals surface area contributed by atoms with Gasteiger partial charge in [0.05, 0.1) is 5.69 Å². The van der Waals surface area contributed by atoms with Gasteiger partial charge in [-0.15, -0.1) is 0 Å². The van der Waals surface area contributed by atoms with Crippen molar-refractivity contribution < 1.29 is 9.52 Å². The first-order chi connectivity index (χ1) is 6.50. The van der Waals surface area contributed by atoms with Crippen molar-refractivity contribution in [3.63, 3.8) is 0 Å². The Morgan fingerprint density at radius 2 is 2.21 bits per heavy atom. The smallest absolute Gasteiger partial charge is 0.191 e. The topological polar surface area (TPSA) is 72.3 Å². The van der Waals surface area contributed by atoms with Gasteiger partial charge in [0.25, 0.3) is 0 Å². The van der Waals surface area contributed by atoms with E-state index in [2.05, 4.69) is 4.98 Å². The second-order valence-corrected chi connectivity index (χ2v) is 4.26. The lowest BCUT2D eigenvalue weighted by molar-refractivity contribution is 0.126. The summed E-state index contributed by atoms with van der Waals surface area (Å²) >= 11 is 0. The summed E-state index contributed by atoms with van der Waals surface area (Å²) in [5, 5.41) is 9.88. The van der Waals surface area contributed by atoms with Crippen molar-refractivity contribution in [2.24, 2.45) is 5.73 Å². The molecule has 0 amide bonds. The third-order valence-corrected chi connectivity index (χ3v) is 2.73. The van der Waals surface area contributed by atoms with Gasteiger partial charge in [-0.1, -0.05) is 0 Å². The molecule has 1 atom stereocenters. The highest BCUT2D eigenvalue weighted by Crippen LogP contribution is 2.40. The fourth-order valence-electron chi connectivity index (χ4n) is 1.70. The number of aromatic nitrogens is 1. The number of rotatable bonds is 3. The van der Waals surface area contributed by atoms with Crippen LogP contribution < -0.4 is 5.73 Å². The molecule has 4 heteroatoms. The highest BCUT2D eigenvalue weighted by Gasteiger charge is 2.41. The Morgan fingerprint density at radius 1 is 1.57 bits per heavy atom. The molecule has 0 aromatic carbocycles. The minimum absolute atomic E-state index is 0.160. The van der Waals surface area contributed by atoms with E-state index in [1.807, 2.05) is 6.92 Å². The summed E-state index contributed by atoms with van der Waals surface area (Å²) in [5.74, 6) is 1.16. The Kier molecular flexibility index (Phi) is 2.12. The molecule has 1 aromatic rings. The van der Waals surface area contributed by atoms with Crippen LogP contribution in [0.3, 0.4) is 0 Å². The molecule has 1 saturated carbocycles. The molecule has 2 rings (SSSR count). The van der Waals surface area contributed by atoms with E-state index in [1.165, 1.54) is 0 Å². The Hall–Kier alpha value is -0.870. The van der Waals surface area contributed by atoms with E-state index in [9.17, 15) is 5.11 Å². The van der Waals surface area contributed by atoms with Crippen LogP contribution in [0.5, 0.6) is 0 Å². The lowest BCUT2D eigenvalue weighted by Crippen LogP contribution is -2.24. The number of nitrogens with zero attached hydrogens (tertiary/aromatic N) is 1. The fourth-order valence-corrected chi connectivity index (χ4v) is 1.70. The van der Waals surface area contributed by atoms with Crippen molar-refractivity contribution in [3.05, 3.63) is 17.3 Å². The first kappa shape index (κ1) is 9.68. The van der Waals surface area contributed by atoms with Crippen molar-refractivity contribution in [1.82, 2.24) is 4.98 Å². The standard InChI is InChI=1S/C10H16N2O2/c1-6-9(14-7(2)12-6)8(13)5-10(11)3-4-10/h8,13H,3-5,11H2,1-2H3. The normalized spacial score (nSPS) is 20.9. The van der Waals surface area contributed by atoms with Crippen molar-refractivity contribution >= 4 is 0 Å². The maximum atomic E-state index is 9.88. The van der Waals surface area contributed by atoms with E-state index in [0.29, 0.717) is 18.1 Å². The van der Waals surface area contributed by atoms with Gasteiger partial charge in [0.15, 0.2) is 11.7 Å². The summed E-state index contributed by atoms with van der Waals surface area (Å²) in [7, 11) is 0. The molecule has 0 bridgehead atoms. The molecule has 1 unspecified atom stereocenters. The van der Waals surface area contributed by atoms with E-state index in [4.69, 9.17) is 10.2 Å². The Balaban J connectivity index is 2.10. The predicted molar refractivity (Wildman–Crippen MR) is 51.7 cm³/mol. The molecule has 14 heavy (non-hydrogen) atoms. The Morgan fingerprint density at radius 3 is 2.64 bits per heavy atom. The quantitative estimate of drug-likeness (QED) is 0.762. The van der Waals surface area contributed by atoms with Gasteiger partial charge in [-0.25, -0.2) is 4.98 Å². The third kappa shape index (κ3) is 1.81. The predicted octanol–water partition coefficient (Wildman–Crippen LogP) is 1.21. The second-order valence-electron chi connectivity index (χ2n) is 4.26. The molecule has 78 valence electrons. The highest BCUT2D eigenvalue weighted by atomic mass is 16.4. The van der Waals surface area contributed by atoms with E-state index in [1.54, 1.807) is 6.92 Å². The van der Waals surface area contributed by atoms with Crippen LogP contribution in [0.1, 0.15) is 42.7 Å². The SMILES string of the molecule is Cc1nc(C)c(C(O)CC2(N)CC2)o1. The van der Waals surface area contributed by atoms with Gasteiger partial charge in [0, 0.05) is 12.5 Å². The summed E-state index contributed by atoms with van der Waals surface area (Å²) in [6, 6.07) is 0.